The highest BCUT2D eigenvalue weighted by molar-refractivity contribution is 5.95. The van der Waals surface area contributed by atoms with E-state index in [9.17, 15) is 14.4 Å². The van der Waals surface area contributed by atoms with Gasteiger partial charge in [0, 0.05) is 17.6 Å². The van der Waals surface area contributed by atoms with Gasteiger partial charge in [-0.25, -0.2) is 9.59 Å². The normalized spacial score (nSPS) is 21.3. The van der Waals surface area contributed by atoms with E-state index in [4.69, 9.17) is 9.47 Å². The van der Waals surface area contributed by atoms with Crippen molar-refractivity contribution in [2.75, 3.05) is 13.2 Å². The summed E-state index contributed by atoms with van der Waals surface area (Å²) in [5.74, 6) is 0.187. The molecule has 2 aromatic heterocycles. The van der Waals surface area contributed by atoms with Crippen LogP contribution in [0.4, 0.5) is 4.79 Å². The van der Waals surface area contributed by atoms with Crippen molar-refractivity contribution in [1.82, 2.24) is 14.9 Å². The van der Waals surface area contributed by atoms with Gasteiger partial charge in [-0.2, -0.15) is 0 Å². The topological polar surface area (TPSA) is 102 Å². The number of carbonyl (C=O) groups excluding carboxylic acids is 3. The Morgan fingerprint density at radius 1 is 1.11 bits per heavy atom. The first-order valence-corrected chi connectivity index (χ1v) is 12.8. The maximum Gasteiger partial charge on any atom is 0.410 e. The maximum absolute atomic E-state index is 13.7. The SMILES string of the molecule is CCOC(=O)c1cc2cc(CC(=O)[C@@H]3[C@H](C4CCCCC4)CCN3C(=O)OC(C)(C)C)ncc2[nH]1. The highest BCUT2D eigenvalue weighted by Gasteiger charge is 2.46. The summed E-state index contributed by atoms with van der Waals surface area (Å²) in [7, 11) is 0. The molecule has 35 heavy (non-hydrogen) atoms. The largest absolute Gasteiger partial charge is 0.461 e. The van der Waals surface area contributed by atoms with Gasteiger partial charge in [0.15, 0.2) is 5.78 Å². The molecule has 2 atom stereocenters. The monoisotopic (exact) mass is 483 g/mol. The Balaban J connectivity index is 1.55. The summed E-state index contributed by atoms with van der Waals surface area (Å²) >= 11 is 0. The number of hydrogen-bond acceptors (Lipinski definition) is 6. The molecule has 0 radical (unpaired) electrons. The number of esters is 1. The number of ether oxygens (including phenoxy) is 2. The molecule has 0 aromatic carbocycles. The second-order valence-electron chi connectivity index (χ2n) is 10.8. The van der Waals surface area contributed by atoms with Gasteiger partial charge in [-0.3, -0.25) is 14.7 Å². The summed E-state index contributed by atoms with van der Waals surface area (Å²) in [6, 6.07) is 3.05. The van der Waals surface area contributed by atoms with E-state index < -0.39 is 23.7 Å². The molecule has 2 aliphatic rings. The first-order chi connectivity index (χ1) is 16.7. The average molecular weight is 484 g/mol. The van der Waals surface area contributed by atoms with Gasteiger partial charge in [0.05, 0.1) is 30.8 Å². The van der Waals surface area contributed by atoms with Crippen LogP contribution in [0.15, 0.2) is 18.3 Å². The zero-order valence-corrected chi connectivity index (χ0v) is 21.3. The number of aromatic amines is 1. The molecule has 8 nitrogen and oxygen atoms in total. The molecule has 1 N–H and O–H groups in total. The van der Waals surface area contributed by atoms with Crippen LogP contribution in [0, 0.1) is 11.8 Å². The van der Waals surface area contributed by atoms with Gasteiger partial charge in [0.25, 0.3) is 0 Å². The van der Waals surface area contributed by atoms with Gasteiger partial charge >= 0.3 is 12.1 Å². The minimum atomic E-state index is -0.620. The number of fused-ring (bicyclic) bond motifs is 1. The van der Waals surface area contributed by atoms with Crippen molar-refractivity contribution in [2.45, 2.75) is 84.3 Å². The number of pyridine rings is 1. The second kappa shape index (κ2) is 10.4. The van der Waals surface area contributed by atoms with Crippen molar-refractivity contribution in [1.29, 1.82) is 0 Å². The van der Waals surface area contributed by atoms with E-state index in [1.807, 2.05) is 26.8 Å². The summed E-state index contributed by atoms with van der Waals surface area (Å²) in [6.45, 7) is 8.13. The van der Waals surface area contributed by atoms with Gasteiger partial charge in [0.1, 0.15) is 11.3 Å². The van der Waals surface area contributed by atoms with Crippen molar-refractivity contribution in [3.8, 4) is 0 Å². The van der Waals surface area contributed by atoms with Crippen LogP contribution in [0.5, 0.6) is 0 Å². The molecule has 190 valence electrons. The lowest BCUT2D eigenvalue weighted by Gasteiger charge is -2.34. The summed E-state index contributed by atoms with van der Waals surface area (Å²) in [5, 5.41) is 0.796. The van der Waals surface area contributed by atoms with Crippen molar-refractivity contribution < 1.29 is 23.9 Å². The van der Waals surface area contributed by atoms with Crippen molar-refractivity contribution in [3.05, 3.63) is 29.7 Å². The third-order valence-corrected chi connectivity index (χ3v) is 7.07. The molecule has 0 bridgehead atoms. The summed E-state index contributed by atoms with van der Waals surface area (Å²) in [4.78, 5) is 47.9. The number of hydrogen-bond donors (Lipinski definition) is 1. The van der Waals surface area contributed by atoms with Crippen LogP contribution in [0.1, 0.15) is 82.4 Å². The minimum absolute atomic E-state index is 0.00284. The van der Waals surface area contributed by atoms with Gasteiger partial charge in [-0.1, -0.05) is 32.1 Å². The van der Waals surface area contributed by atoms with E-state index in [0.29, 0.717) is 36.0 Å². The lowest BCUT2D eigenvalue weighted by Crippen LogP contribution is -2.47. The summed E-state index contributed by atoms with van der Waals surface area (Å²) in [6.07, 6.45) is 8.01. The van der Waals surface area contributed by atoms with Crippen LogP contribution in [0.25, 0.3) is 10.9 Å². The fourth-order valence-electron chi connectivity index (χ4n) is 5.59. The van der Waals surface area contributed by atoms with E-state index in [0.717, 1.165) is 24.6 Å². The lowest BCUT2D eigenvalue weighted by atomic mass is 9.75. The van der Waals surface area contributed by atoms with Gasteiger partial charge < -0.3 is 14.5 Å². The highest BCUT2D eigenvalue weighted by Crippen LogP contribution is 2.40. The van der Waals surface area contributed by atoms with Crippen molar-refractivity contribution >= 4 is 28.7 Å². The number of ketones is 1. The van der Waals surface area contributed by atoms with Gasteiger partial charge in [-0.05, 0) is 58.1 Å². The Morgan fingerprint density at radius 3 is 2.54 bits per heavy atom. The zero-order chi connectivity index (χ0) is 25.2. The molecule has 1 aliphatic carbocycles. The number of nitrogens with zero attached hydrogens (tertiary/aromatic N) is 2. The first kappa shape index (κ1) is 25.2. The average Bonchev–Trinajstić information content (AvgIpc) is 3.43. The molecule has 1 amide bonds. The third kappa shape index (κ3) is 5.85. The molecule has 2 fully saturated rings. The Hall–Kier alpha value is -2.90. The lowest BCUT2D eigenvalue weighted by molar-refractivity contribution is -0.124. The Morgan fingerprint density at radius 2 is 1.86 bits per heavy atom. The van der Waals surface area contributed by atoms with Crippen LogP contribution in [-0.2, 0) is 20.7 Å². The van der Waals surface area contributed by atoms with Crippen LogP contribution in [-0.4, -0.2) is 57.5 Å². The van der Waals surface area contributed by atoms with Gasteiger partial charge in [-0.15, -0.1) is 0 Å². The Labute approximate surface area is 206 Å². The molecule has 2 aromatic rings. The predicted octanol–water partition coefficient (Wildman–Crippen LogP) is 5.06. The molecule has 3 heterocycles. The quantitative estimate of drug-likeness (QED) is 0.577. The van der Waals surface area contributed by atoms with Crippen molar-refractivity contribution in [3.63, 3.8) is 0 Å². The summed E-state index contributed by atoms with van der Waals surface area (Å²) < 4.78 is 10.7. The standard InChI is InChI=1S/C27H37N3O5/c1-5-34-25(32)21-14-18-13-19(28-16-22(18)29-21)15-23(31)24-20(17-9-7-6-8-10-17)11-12-30(24)26(33)35-27(2,3)4/h13-14,16-17,20,24,29H,5-12,15H2,1-4H3/t20-,24-/m0/s1. The molecule has 1 saturated heterocycles. The maximum atomic E-state index is 13.7. The van der Waals surface area contributed by atoms with E-state index in [1.54, 1.807) is 24.1 Å². The van der Waals surface area contributed by atoms with Crippen LogP contribution < -0.4 is 0 Å². The van der Waals surface area contributed by atoms with Crippen LogP contribution in [0.3, 0.4) is 0 Å². The number of amides is 1. The summed E-state index contributed by atoms with van der Waals surface area (Å²) in [5.41, 5.74) is 1.07. The number of likely N-dealkylation sites (tertiary alicyclic amines) is 1. The van der Waals surface area contributed by atoms with Crippen LogP contribution >= 0.6 is 0 Å². The molecule has 0 unspecified atom stereocenters. The third-order valence-electron chi connectivity index (χ3n) is 7.07. The molecule has 8 heteroatoms. The molecule has 0 spiro atoms. The molecule has 4 rings (SSSR count). The van der Waals surface area contributed by atoms with E-state index >= 15 is 0 Å². The fraction of sp³-hybridized carbons (Fsp3) is 0.630. The number of rotatable bonds is 6. The first-order valence-electron chi connectivity index (χ1n) is 12.8. The molecule has 1 aliphatic heterocycles. The Bertz CT molecular complexity index is 1080. The predicted molar refractivity (Wildman–Crippen MR) is 132 cm³/mol. The van der Waals surface area contributed by atoms with E-state index in [-0.39, 0.29) is 18.1 Å². The number of nitrogens with one attached hydrogen (secondary N) is 1. The van der Waals surface area contributed by atoms with E-state index in [2.05, 4.69) is 9.97 Å². The van der Waals surface area contributed by atoms with Gasteiger partial charge in [0.2, 0.25) is 0 Å². The molecule has 1 saturated carbocycles. The van der Waals surface area contributed by atoms with Crippen LogP contribution in [0.2, 0.25) is 0 Å². The minimum Gasteiger partial charge on any atom is -0.461 e. The Kier molecular flexibility index (Phi) is 7.47. The fourth-order valence-corrected chi connectivity index (χ4v) is 5.59. The second-order valence-corrected chi connectivity index (χ2v) is 10.8. The highest BCUT2D eigenvalue weighted by atomic mass is 16.6. The van der Waals surface area contributed by atoms with Crippen molar-refractivity contribution in [2.24, 2.45) is 11.8 Å². The van der Waals surface area contributed by atoms with E-state index in [1.165, 1.54) is 19.3 Å². The zero-order valence-electron chi connectivity index (χ0n) is 21.3. The molecular formula is C27H37N3O5. The number of Topliss-reactive ketones (excluding diaryl/α,β-unsaturated/α-hetero) is 1. The molecular weight excluding hydrogens is 446 g/mol. The number of aromatic nitrogens is 2. The number of carbonyl (C=O) groups is 3. The number of H-pyrrole nitrogens is 1. The smallest absolute Gasteiger partial charge is 0.410 e.